The molecule has 1 aliphatic rings. The Morgan fingerprint density at radius 2 is 1.59 bits per heavy atom. The van der Waals surface area contributed by atoms with Gasteiger partial charge in [-0.2, -0.15) is 0 Å². The molecule has 1 atom stereocenters. The molecule has 1 saturated heterocycles. The molecule has 29 heavy (non-hydrogen) atoms. The Bertz CT molecular complexity index is 826. The van der Waals surface area contributed by atoms with Gasteiger partial charge in [-0.3, -0.25) is 0 Å². The first-order valence-electron chi connectivity index (χ1n) is 10.0. The molecule has 2 aromatic rings. The fraction of sp³-hybridized carbons (Fsp3) is 0.455. The molecule has 0 saturated carbocycles. The van der Waals surface area contributed by atoms with Crippen molar-refractivity contribution >= 4 is 22.4 Å². The van der Waals surface area contributed by atoms with E-state index in [0.29, 0.717) is 17.5 Å². The van der Waals surface area contributed by atoms with Gasteiger partial charge >= 0.3 is 0 Å². The van der Waals surface area contributed by atoms with Gasteiger partial charge in [-0.05, 0) is 62.5 Å². The lowest BCUT2D eigenvalue weighted by molar-refractivity contribution is 0.204. The zero-order valence-electron chi connectivity index (χ0n) is 17.0. The molecular formula is C22H32ClN3O2S. The van der Waals surface area contributed by atoms with Crippen molar-refractivity contribution in [2.24, 2.45) is 5.73 Å². The molecule has 1 heterocycles. The first-order chi connectivity index (χ1) is 13.5. The maximum atomic E-state index is 12.9. The number of likely N-dealkylation sites (N-methyl/N-ethyl adjacent to an activating group) is 1. The molecule has 2 aromatic carbocycles. The standard InChI is InChI=1S/C22H31N3O2S.ClH/c1-24(28(26,27)22-10-6-3-7-11-22)18-20(19-8-4-2-5-9-19)12-15-25-16-13-21(23)14-17-25;/h2-11,20-21H,12-18,23H2,1H3;1H. The van der Waals surface area contributed by atoms with Crippen LogP contribution < -0.4 is 5.73 Å². The van der Waals surface area contributed by atoms with Crippen molar-refractivity contribution < 1.29 is 8.42 Å². The lowest BCUT2D eigenvalue weighted by atomic mass is 9.95. The van der Waals surface area contributed by atoms with E-state index in [1.807, 2.05) is 24.3 Å². The van der Waals surface area contributed by atoms with Gasteiger partial charge in [0.1, 0.15) is 0 Å². The minimum atomic E-state index is -3.49. The third kappa shape index (κ3) is 6.52. The molecule has 0 bridgehead atoms. The van der Waals surface area contributed by atoms with E-state index in [4.69, 9.17) is 5.73 Å². The highest BCUT2D eigenvalue weighted by molar-refractivity contribution is 7.89. The quantitative estimate of drug-likeness (QED) is 0.687. The van der Waals surface area contributed by atoms with Crippen molar-refractivity contribution in [1.82, 2.24) is 9.21 Å². The average Bonchev–Trinajstić information content (AvgIpc) is 2.73. The van der Waals surface area contributed by atoms with Crippen LogP contribution in [0, 0.1) is 0 Å². The number of hydrogen-bond acceptors (Lipinski definition) is 4. The molecule has 7 heteroatoms. The van der Waals surface area contributed by atoms with E-state index < -0.39 is 10.0 Å². The number of nitrogens with two attached hydrogens (primary N) is 1. The Hall–Kier alpha value is -1.44. The van der Waals surface area contributed by atoms with Gasteiger partial charge in [0.25, 0.3) is 0 Å². The Kier molecular flexibility index (Phi) is 9.11. The number of piperidine rings is 1. The summed E-state index contributed by atoms with van der Waals surface area (Å²) < 4.78 is 27.4. The van der Waals surface area contributed by atoms with Gasteiger partial charge in [0.05, 0.1) is 4.90 Å². The summed E-state index contributed by atoms with van der Waals surface area (Å²) in [6.07, 6.45) is 3.00. The van der Waals surface area contributed by atoms with Gasteiger partial charge in [-0.1, -0.05) is 48.5 Å². The third-order valence-electron chi connectivity index (χ3n) is 5.63. The topological polar surface area (TPSA) is 66.6 Å². The van der Waals surface area contributed by atoms with Crippen molar-refractivity contribution in [2.45, 2.75) is 36.1 Å². The first kappa shape index (κ1) is 23.8. The predicted molar refractivity (Wildman–Crippen MR) is 121 cm³/mol. The van der Waals surface area contributed by atoms with Crippen LogP contribution in [0.25, 0.3) is 0 Å². The van der Waals surface area contributed by atoms with Gasteiger partial charge in [0.15, 0.2) is 0 Å². The molecule has 1 unspecified atom stereocenters. The highest BCUT2D eigenvalue weighted by Crippen LogP contribution is 2.25. The molecule has 0 aliphatic carbocycles. The second-order valence-corrected chi connectivity index (χ2v) is 9.72. The number of nitrogens with zero attached hydrogens (tertiary/aromatic N) is 2. The second kappa shape index (κ2) is 11.1. The zero-order valence-corrected chi connectivity index (χ0v) is 18.6. The van der Waals surface area contributed by atoms with Gasteiger partial charge in [0, 0.05) is 19.6 Å². The highest BCUT2D eigenvalue weighted by atomic mass is 35.5. The maximum absolute atomic E-state index is 12.9. The van der Waals surface area contributed by atoms with Crippen molar-refractivity contribution in [1.29, 1.82) is 0 Å². The highest BCUT2D eigenvalue weighted by Gasteiger charge is 2.25. The van der Waals surface area contributed by atoms with E-state index in [0.717, 1.165) is 38.9 Å². The van der Waals surface area contributed by atoms with Crippen molar-refractivity contribution in [2.75, 3.05) is 33.2 Å². The fourth-order valence-corrected chi connectivity index (χ4v) is 5.02. The summed E-state index contributed by atoms with van der Waals surface area (Å²) in [7, 11) is -1.81. The molecule has 5 nitrogen and oxygen atoms in total. The predicted octanol–water partition coefficient (Wildman–Crippen LogP) is 3.33. The normalized spacial score (nSPS) is 17.1. The summed E-state index contributed by atoms with van der Waals surface area (Å²) in [4.78, 5) is 2.79. The van der Waals surface area contributed by atoms with Crippen LogP contribution in [-0.2, 0) is 10.0 Å². The molecule has 0 radical (unpaired) electrons. The Morgan fingerprint density at radius 3 is 2.17 bits per heavy atom. The van der Waals surface area contributed by atoms with Crippen LogP contribution in [0.1, 0.15) is 30.7 Å². The minimum Gasteiger partial charge on any atom is -0.328 e. The molecular weight excluding hydrogens is 406 g/mol. The van der Waals surface area contributed by atoms with Crippen LogP contribution in [0.5, 0.6) is 0 Å². The van der Waals surface area contributed by atoms with Crippen molar-refractivity contribution in [3.05, 3.63) is 66.2 Å². The van der Waals surface area contributed by atoms with E-state index in [-0.39, 0.29) is 18.3 Å². The zero-order chi connectivity index (χ0) is 20.0. The molecule has 0 amide bonds. The van der Waals surface area contributed by atoms with Crippen LogP contribution in [0.2, 0.25) is 0 Å². The van der Waals surface area contributed by atoms with Crippen LogP contribution >= 0.6 is 12.4 Å². The molecule has 3 rings (SSSR count). The number of sulfonamides is 1. The Labute approximate surface area is 181 Å². The summed E-state index contributed by atoms with van der Waals surface area (Å²) in [6.45, 7) is 3.49. The Morgan fingerprint density at radius 1 is 1.03 bits per heavy atom. The monoisotopic (exact) mass is 437 g/mol. The van der Waals surface area contributed by atoms with Crippen molar-refractivity contribution in [3.8, 4) is 0 Å². The van der Waals surface area contributed by atoms with E-state index in [2.05, 4.69) is 17.0 Å². The van der Waals surface area contributed by atoms with Crippen LogP contribution in [0.3, 0.4) is 0 Å². The minimum absolute atomic E-state index is 0. The first-order valence-corrected chi connectivity index (χ1v) is 11.4. The fourth-order valence-electron chi connectivity index (χ4n) is 3.78. The Balaban J connectivity index is 0.00000300. The van der Waals surface area contributed by atoms with E-state index >= 15 is 0 Å². The SMILES string of the molecule is CN(CC(CCN1CCC(N)CC1)c1ccccc1)S(=O)(=O)c1ccccc1.Cl. The van der Waals surface area contributed by atoms with Gasteiger partial charge in [-0.15, -0.1) is 12.4 Å². The maximum Gasteiger partial charge on any atom is 0.242 e. The van der Waals surface area contributed by atoms with E-state index in [1.165, 1.54) is 9.87 Å². The van der Waals surface area contributed by atoms with Crippen LogP contribution in [0.15, 0.2) is 65.6 Å². The van der Waals surface area contributed by atoms with Crippen molar-refractivity contribution in [3.63, 3.8) is 0 Å². The number of rotatable bonds is 8. The van der Waals surface area contributed by atoms with E-state index in [9.17, 15) is 8.42 Å². The largest absolute Gasteiger partial charge is 0.328 e. The summed E-state index contributed by atoms with van der Waals surface area (Å²) in [6, 6.07) is 19.2. The van der Waals surface area contributed by atoms with Gasteiger partial charge in [-0.25, -0.2) is 12.7 Å². The lowest BCUT2D eigenvalue weighted by Gasteiger charge is -2.32. The smallest absolute Gasteiger partial charge is 0.242 e. The van der Waals surface area contributed by atoms with Crippen LogP contribution in [0.4, 0.5) is 0 Å². The molecule has 160 valence electrons. The molecule has 1 fully saturated rings. The van der Waals surface area contributed by atoms with E-state index in [1.54, 1.807) is 31.3 Å². The van der Waals surface area contributed by atoms with Gasteiger partial charge < -0.3 is 10.6 Å². The second-order valence-electron chi connectivity index (χ2n) is 7.67. The lowest BCUT2D eigenvalue weighted by Crippen LogP contribution is -2.40. The summed E-state index contributed by atoms with van der Waals surface area (Å²) in [5, 5.41) is 0. The summed E-state index contributed by atoms with van der Waals surface area (Å²) >= 11 is 0. The number of hydrogen-bond donors (Lipinski definition) is 1. The number of benzene rings is 2. The molecule has 2 N–H and O–H groups in total. The third-order valence-corrected chi connectivity index (χ3v) is 7.46. The summed E-state index contributed by atoms with van der Waals surface area (Å²) in [5.41, 5.74) is 7.20. The van der Waals surface area contributed by atoms with Gasteiger partial charge in [0.2, 0.25) is 10.0 Å². The summed E-state index contributed by atoms with van der Waals surface area (Å²) in [5.74, 6) is 0.153. The van der Waals surface area contributed by atoms with Crippen LogP contribution in [-0.4, -0.2) is 56.9 Å². The average molecular weight is 438 g/mol. The molecule has 0 aromatic heterocycles. The molecule has 1 aliphatic heterocycles. The number of halogens is 1. The number of likely N-dealkylation sites (tertiary alicyclic amines) is 1. The molecule has 0 spiro atoms.